The molecule has 2 aromatic carbocycles. The van der Waals surface area contributed by atoms with Gasteiger partial charge in [-0.3, -0.25) is 9.88 Å². The van der Waals surface area contributed by atoms with E-state index < -0.39 is 5.82 Å². The van der Waals surface area contributed by atoms with E-state index >= 15 is 0 Å². The Hall–Kier alpha value is -3.28. The normalized spacial score (nSPS) is 10.6. The van der Waals surface area contributed by atoms with E-state index in [1.54, 1.807) is 36.4 Å². The number of carbonyl (C=O) groups is 1. The van der Waals surface area contributed by atoms with Crippen LogP contribution in [0.15, 0.2) is 67.4 Å². The number of para-hydroxylation sites is 1. The zero-order valence-electron chi connectivity index (χ0n) is 14.7. The Bertz CT molecular complexity index is 957. The van der Waals surface area contributed by atoms with Gasteiger partial charge in [0.05, 0.1) is 11.9 Å². The summed E-state index contributed by atoms with van der Waals surface area (Å²) in [6, 6.07) is 12.2. The van der Waals surface area contributed by atoms with Crippen LogP contribution in [0.3, 0.4) is 0 Å². The van der Waals surface area contributed by atoms with Gasteiger partial charge in [-0.2, -0.15) is 0 Å². The molecule has 0 radical (unpaired) electrons. The number of pyridine rings is 1. The van der Waals surface area contributed by atoms with E-state index in [9.17, 15) is 13.6 Å². The summed E-state index contributed by atoms with van der Waals surface area (Å²) in [7, 11) is 0. The highest BCUT2D eigenvalue weighted by atomic mass is 19.1. The lowest BCUT2D eigenvalue weighted by atomic mass is 10.1. The molecular weight excluding hydrogens is 348 g/mol. The van der Waals surface area contributed by atoms with Gasteiger partial charge in [0.2, 0.25) is 0 Å². The second-order valence-electron chi connectivity index (χ2n) is 6.01. The predicted octanol–water partition coefficient (Wildman–Crippen LogP) is 4.46. The molecular formula is C21H19F2N3O. The second kappa shape index (κ2) is 8.40. The molecule has 1 heterocycles. The number of benzene rings is 2. The van der Waals surface area contributed by atoms with Crippen LogP contribution < -0.4 is 10.2 Å². The Labute approximate surface area is 156 Å². The Kier molecular flexibility index (Phi) is 5.76. The van der Waals surface area contributed by atoms with Crippen molar-refractivity contribution < 1.29 is 13.6 Å². The molecule has 4 nitrogen and oxygen atoms in total. The third-order valence-corrected chi connectivity index (χ3v) is 4.12. The first-order valence-electron chi connectivity index (χ1n) is 8.53. The molecule has 1 N–H and O–H groups in total. The van der Waals surface area contributed by atoms with Crippen molar-refractivity contribution in [1.29, 1.82) is 0 Å². The summed E-state index contributed by atoms with van der Waals surface area (Å²) in [6.07, 6.45) is 3.65. The van der Waals surface area contributed by atoms with Gasteiger partial charge in [0.25, 0.3) is 0 Å². The van der Waals surface area contributed by atoms with E-state index in [0.29, 0.717) is 24.0 Å². The molecule has 138 valence electrons. The maximum atomic E-state index is 13.8. The lowest BCUT2D eigenvalue weighted by molar-refractivity contribution is 0.247. The molecule has 0 aliphatic rings. The average Bonchev–Trinajstić information content (AvgIpc) is 2.67. The molecule has 0 unspecified atom stereocenters. The van der Waals surface area contributed by atoms with Crippen LogP contribution in [-0.4, -0.2) is 24.1 Å². The van der Waals surface area contributed by atoms with Gasteiger partial charge in [-0.15, -0.1) is 6.58 Å². The van der Waals surface area contributed by atoms with Gasteiger partial charge in [-0.05, 0) is 36.2 Å². The van der Waals surface area contributed by atoms with Crippen LogP contribution >= 0.6 is 0 Å². The van der Waals surface area contributed by atoms with Crippen LogP contribution in [0.2, 0.25) is 0 Å². The number of anilines is 1. The van der Waals surface area contributed by atoms with Crippen molar-refractivity contribution in [2.45, 2.75) is 6.42 Å². The molecule has 27 heavy (non-hydrogen) atoms. The largest absolute Gasteiger partial charge is 0.337 e. The fraction of sp³-hybridized carbons (Fsp3) is 0.143. The summed E-state index contributed by atoms with van der Waals surface area (Å²) < 4.78 is 26.7. The highest BCUT2D eigenvalue weighted by Crippen LogP contribution is 2.22. The molecule has 3 aromatic rings. The number of fused-ring (bicyclic) bond motifs is 1. The third-order valence-electron chi connectivity index (χ3n) is 4.12. The minimum Gasteiger partial charge on any atom is -0.337 e. The van der Waals surface area contributed by atoms with Gasteiger partial charge >= 0.3 is 6.03 Å². The van der Waals surface area contributed by atoms with Gasteiger partial charge < -0.3 is 5.32 Å². The number of aromatic nitrogens is 1. The number of nitrogens with one attached hydrogen (secondary N) is 1. The van der Waals surface area contributed by atoms with Crippen molar-refractivity contribution in [1.82, 2.24) is 10.3 Å². The molecule has 0 aliphatic heterocycles. The first-order chi connectivity index (χ1) is 13.1. The van der Waals surface area contributed by atoms with E-state index in [-0.39, 0.29) is 23.9 Å². The van der Waals surface area contributed by atoms with E-state index in [4.69, 9.17) is 0 Å². The van der Waals surface area contributed by atoms with Crippen molar-refractivity contribution in [3.8, 4) is 0 Å². The highest BCUT2D eigenvalue weighted by molar-refractivity contribution is 5.94. The summed E-state index contributed by atoms with van der Waals surface area (Å²) in [5.74, 6) is -0.696. The van der Waals surface area contributed by atoms with Crippen LogP contribution in [0.1, 0.15) is 5.56 Å². The van der Waals surface area contributed by atoms with Crippen molar-refractivity contribution in [3.05, 3.63) is 84.6 Å². The number of halogens is 2. The van der Waals surface area contributed by atoms with Gasteiger partial charge in [-0.1, -0.05) is 30.3 Å². The monoisotopic (exact) mass is 367 g/mol. The number of carbonyl (C=O) groups excluding carboxylic acids is 1. The van der Waals surface area contributed by atoms with Crippen molar-refractivity contribution in [2.24, 2.45) is 0 Å². The summed E-state index contributed by atoms with van der Waals surface area (Å²) in [5.41, 5.74) is 1.73. The average molecular weight is 367 g/mol. The number of hydrogen-bond acceptors (Lipinski definition) is 2. The number of hydrogen-bond donors (Lipinski definition) is 1. The first-order valence-corrected chi connectivity index (χ1v) is 8.53. The molecule has 1 aromatic heterocycles. The first kappa shape index (κ1) is 18.5. The Morgan fingerprint density at radius 3 is 2.70 bits per heavy atom. The van der Waals surface area contributed by atoms with Crippen molar-refractivity contribution in [3.63, 3.8) is 0 Å². The van der Waals surface area contributed by atoms with E-state index in [1.807, 2.05) is 0 Å². The Morgan fingerprint density at radius 1 is 1.19 bits per heavy atom. The quantitative estimate of drug-likeness (QED) is 0.654. The summed E-state index contributed by atoms with van der Waals surface area (Å²) in [4.78, 5) is 18.2. The zero-order valence-corrected chi connectivity index (χ0v) is 14.7. The molecule has 2 amide bonds. The fourth-order valence-electron chi connectivity index (χ4n) is 2.75. The van der Waals surface area contributed by atoms with Gasteiger partial charge in [-0.25, -0.2) is 13.6 Å². The lowest BCUT2D eigenvalue weighted by Crippen LogP contribution is -2.41. The molecule has 0 atom stereocenters. The zero-order chi connectivity index (χ0) is 19.2. The van der Waals surface area contributed by atoms with Crippen LogP contribution in [0.5, 0.6) is 0 Å². The van der Waals surface area contributed by atoms with Crippen molar-refractivity contribution >= 4 is 22.6 Å². The summed E-state index contributed by atoms with van der Waals surface area (Å²) in [5, 5.41) is 3.44. The molecule has 0 saturated carbocycles. The smallest absolute Gasteiger partial charge is 0.322 e. The highest BCUT2D eigenvalue weighted by Gasteiger charge is 2.15. The lowest BCUT2D eigenvalue weighted by Gasteiger charge is -2.22. The van der Waals surface area contributed by atoms with Crippen LogP contribution in [0.25, 0.3) is 10.9 Å². The maximum Gasteiger partial charge on any atom is 0.322 e. The predicted molar refractivity (Wildman–Crippen MR) is 103 cm³/mol. The fourth-order valence-corrected chi connectivity index (χ4v) is 2.75. The van der Waals surface area contributed by atoms with E-state index in [1.165, 1.54) is 29.3 Å². The van der Waals surface area contributed by atoms with E-state index in [2.05, 4.69) is 16.9 Å². The minimum atomic E-state index is -0.405. The van der Waals surface area contributed by atoms with Crippen LogP contribution in [0.4, 0.5) is 19.3 Å². The maximum absolute atomic E-state index is 13.8. The SMILES string of the molecule is C=CCN(C(=O)NCCc1ccc(F)cc1)c1cnc2c(F)cccc2c1. The van der Waals surface area contributed by atoms with Crippen LogP contribution in [-0.2, 0) is 6.42 Å². The molecule has 0 bridgehead atoms. The minimum absolute atomic E-state index is 0.261. The number of urea groups is 1. The van der Waals surface area contributed by atoms with Gasteiger partial charge in [0.15, 0.2) is 0 Å². The third kappa shape index (κ3) is 4.47. The standard InChI is InChI=1S/C21H19F2N3O/c1-2-12-26(18-13-16-4-3-5-19(23)20(16)25-14-18)21(27)24-11-10-15-6-8-17(22)9-7-15/h2-9,13-14H,1,10-12H2,(H,24,27). The van der Waals surface area contributed by atoms with Gasteiger partial charge in [0.1, 0.15) is 17.2 Å². The number of nitrogens with zero attached hydrogens (tertiary/aromatic N) is 2. The van der Waals surface area contributed by atoms with Gasteiger partial charge in [0, 0.05) is 18.5 Å². The Balaban J connectivity index is 1.71. The molecule has 0 aliphatic carbocycles. The number of amides is 2. The molecule has 6 heteroatoms. The summed E-state index contributed by atoms with van der Waals surface area (Å²) >= 11 is 0. The molecule has 0 fully saturated rings. The molecule has 3 rings (SSSR count). The van der Waals surface area contributed by atoms with Crippen molar-refractivity contribution in [2.75, 3.05) is 18.0 Å². The molecule has 0 saturated heterocycles. The topological polar surface area (TPSA) is 45.2 Å². The van der Waals surface area contributed by atoms with Crippen LogP contribution in [0, 0.1) is 11.6 Å². The number of rotatable bonds is 6. The van der Waals surface area contributed by atoms with E-state index in [0.717, 1.165) is 5.56 Å². The Morgan fingerprint density at radius 2 is 1.96 bits per heavy atom. The summed E-state index contributed by atoms with van der Waals surface area (Å²) in [6.45, 7) is 4.36. The second-order valence-corrected chi connectivity index (χ2v) is 6.01. The molecule has 0 spiro atoms.